The van der Waals surface area contributed by atoms with Crippen LogP contribution in [0, 0.1) is 0 Å². The third-order valence-electron chi connectivity index (χ3n) is 3.33. The quantitative estimate of drug-likeness (QED) is 0.799. The summed E-state index contributed by atoms with van der Waals surface area (Å²) in [6.07, 6.45) is -2.57. The SMILES string of the molecule is O=C(O)CCc1cccc(NC(=O)c2cnn(CCC(F)(F)F)c2)c1. The summed E-state index contributed by atoms with van der Waals surface area (Å²) in [5.41, 5.74) is 1.36. The van der Waals surface area contributed by atoms with Crippen molar-refractivity contribution in [1.29, 1.82) is 0 Å². The molecule has 1 heterocycles. The number of carboxylic acids is 1. The Hall–Kier alpha value is -2.84. The lowest BCUT2D eigenvalue weighted by molar-refractivity contribution is -0.138. The molecule has 0 aliphatic carbocycles. The molecule has 1 amide bonds. The topological polar surface area (TPSA) is 84.2 Å². The first kappa shape index (κ1) is 18.5. The van der Waals surface area contributed by atoms with E-state index in [-0.39, 0.29) is 18.5 Å². The number of hydrogen-bond acceptors (Lipinski definition) is 3. The molecule has 0 aliphatic heterocycles. The third kappa shape index (κ3) is 6.28. The number of halogens is 3. The zero-order valence-electron chi connectivity index (χ0n) is 13.1. The van der Waals surface area contributed by atoms with Gasteiger partial charge in [-0.05, 0) is 24.1 Å². The summed E-state index contributed by atoms with van der Waals surface area (Å²) < 4.78 is 37.6. The standard InChI is InChI=1S/C16H16F3N3O3/c17-16(18,19)6-7-22-10-12(9-20-22)15(25)21-13-3-1-2-11(8-13)4-5-14(23)24/h1-3,8-10H,4-7H2,(H,21,25)(H,23,24). The van der Waals surface area contributed by atoms with Gasteiger partial charge in [-0.2, -0.15) is 18.3 Å². The van der Waals surface area contributed by atoms with Gasteiger partial charge in [-0.3, -0.25) is 14.3 Å². The van der Waals surface area contributed by atoms with E-state index in [0.29, 0.717) is 12.1 Å². The molecular formula is C16H16F3N3O3. The van der Waals surface area contributed by atoms with Gasteiger partial charge >= 0.3 is 12.1 Å². The van der Waals surface area contributed by atoms with Crippen LogP contribution in [-0.2, 0) is 17.8 Å². The van der Waals surface area contributed by atoms with Crippen LogP contribution in [0.2, 0.25) is 0 Å². The average molecular weight is 355 g/mol. The Labute approximate surface area is 141 Å². The minimum atomic E-state index is -4.29. The van der Waals surface area contributed by atoms with E-state index in [4.69, 9.17) is 5.11 Å². The first-order valence-corrected chi connectivity index (χ1v) is 7.44. The Morgan fingerprint density at radius 2 is 2.04 bits per heavy atom. The Kier molecular flexibility index (Phi) is 5.79. The number of benzene rings is 1. The lowest BCUT2D eigenvalue weighted by Crippen LogP contribution is -2.13. The largest absolute Gasteiger partial charge is 0.481 e. The van der Waals surface area contributed by atoms with Crippen LogP contribution in [0.5, 0.6) is 0 Å². The van der Waals surface area contributed by atoms with E-state index in [0.717, 1.165) is 10.2 Å². The van der Waals surface area contributed by atoms with Crippen molar-refractivity contribution >= 4 is 17.6 Å². The predicted octanol–water partition coefficient (Wildman–Crippen LogP) is 3.11. The number of carboxylic acid groups (broad SMARTS) is 1. The number of aryl methyl sites for hydroxylation is 2. The van der Waals surface area contributed by atoms with Gasteiger partial charge < -0.3 is 10.4 Å². The van der Waals surface area contributed by atoms with E-state index in [1.165, 1.54) is 12.4 Å². The first-order chi connectivity index (χ1) is 11.7. The van der Waals surface area contributed by atoms with Crippen LogP contribution in [0.15, 0.2) is 36.7 Å². The fraction of sp³-hybridized carbons (Fsp3) is 0.312. The summed E-state index contributed by atoms with van der Waals surface area (Å²) >= 11 is 0. The van der Waals surface area contributed by atoms with Crippen molar-refractivity contribution in [2.75, 3.05) is 5.32 Å². The van der Waals surface area contributed by atoms with Crippen molar-refractivity contribution in [3.05, 3.63) is 47.8 Å². The molecule has 2 N–H and O–H groups in total. The molecule has 0 aliphatic rings. The molecule has 6 nitrogen and oxygen atoms in total. The molecule has 0 spiro atoms. The number of rotatable bonds is 7. The van der Waals surface area contributed by atoms with Crippen LogP contribution in [-0.4, -0.2) is 32.9 Å². The highest BCUT2D eigenvalue weighted by atomic mass is 19.4. The molecule has 0 saturated carbocycles. The molecule has 0 atom stereocenters. The van der Waals surface area contributed by atoms with Crippen molar-refractivity contribution in [3.63, 3.8) is 0 Å². The molecular weight excluding hydrogens is 339 g/mol. The van der Waals surface area contributed by atoms with Crippen molar-refractivity contribution in [2.24, 2.45) is 0 Å². The molecule has 0 saturated heterocycles. The monoisotopic (exact) mass is 355 g/mol. The molecule has 134 valence electrons. The Balaban J connectivity index is 1.97. The number of carbonyl (C=O) groups is 2. The van der Waals surface area contributed by atoms with Crippen LogP contribution in [0.3, 0.4) is 0 Å². The summed E-state index contributed by atoms with van der Waals surface area (Å²) in [4.78, 5) is 22.7. The van der Waals surface area contributed by atoms with Crippen molar-refractivity contribution in [2.45, 2.75) is 32.0 Å². The molecule has 2 rings (SSSR count). The van der Waals surface area contributed by atoms with Gasteiger partial charge in [0, 0.05) is 24.8 Å². The maximum Gasteiger partial charge on any atom is 0.390 e. The zero-order chi connectivity index (χ0) is 18.4. The van der Waals surface area contributed by atoms with Crippen LogP contribution < -0.4 is 5.32 Å². The van der Waals surface area contributed by atoms with Gasteiger partial charge in [-0.15, -0.1) is 0 Å². The summed E-state index contributed by atoms with van der Waals surface area (Å²) in [5, 5.41) is 15.0. The van der Waals surface area contributed by atoms with E-state index in [2.05, 4.69) is 10.4 Å². The zero-order valence-corrected chi connectivity index (χ0v) is 13.1. The number of anilines is 1. The minimum absolute atomic E-state index is 0.0244. The van der Waals surface area contributed by atoms with Gasteiger partial charge in [-0.1, -0.05) is 12.1 Å². The van der Waals surface area contributed by atoms with E-state index < -0.39 is 24.5 Å². The number of aliphatic carboxylic acids is 1. The fourth-order valence-electron chi connectivity index (χ4n) is 2.10. The fourth-order valence-corrected chi connectivity index (χ4v) is 2.10. The highest BCUT2D eigenvalue weighted by molar-refractivity contribution is 6.03. The lowest BCUT2D eigenvalue weighted by Gasteiger charge is -2.06. The Morgan fingerprint density at radius 1 is 1.28 bits per heavy atom. The van der Waals surface area contributed by atoms with Crippen LogP contribution in [0.25, 0.3) is 0 Å². The number of hydrogen-bond donors (Lipinski definition) is 2. The number of amides is 1. The van der Waals surface area contributed by atoms with Gasteiger partial charge in [0.1, 0.15) is 0 Å². The van der Waals surface area contributed by atoms with Crippen LogP contribution >= 0.6 is 0 Å². The molecule has 1 aromatic heterocycles. The van der Waals surface area contributed by atoms with Gasteiger partial charge in [0.25, 0.3) is 5.91 Å². The number of aromatic nitrogens is 2. The van der Waals surface area contributed by atoms with Crippen molar-refractivity contribution in [3.8, 4) is 0 Å². The molecule has 9 heteroatoms. The predicted molar refractivity (Wildman–Crippen MR) is 83.3 cm³/mol. The minimum Gasteiger partial charge on any atom is -0.481 e. The maximum atomic E-state index is 12.2. The second kappa shape index (κ2) is 7.82. The van der Waals surface area contributed by atoms with E-state index in [9.17, 15) is 22.8 Å². The number of nitrogens with one attached hydrogen (secondary N) is 1. The maximum absolute atomic E-state index is 12.2. The van der Waals surface area contributed by atoms with Crippen molar-refractivity contribution in [1.82, 2.24) is 9.78 Å². The molecule has 2 aromatic rings. The van der Waals surface area contributed by atoms with Crippen molar-refractivity contribution < 1.29 is 27.9 Å². The lowest BCUT2D eigenvalue weighted by atomic mass is 10.1. The number of alkyl halides is 3. The normalized spacial score (nSPS) is 11.3. The molecule has 25 heavy (non-hydrogen) atoms. The summed E-state index contributed by atoms with van der Waals surface area (Å²) in [6.45, 7) is -0.360. The van der Waals surface area contributed by atoms with Gasteiger partial charge in [0.05, 0.1) is 18.2 Å². The van der Waals surface area contributed by atoms with Gasteiger partial charge in [0.15, 0.2) is 0 Å². The number of carbonyl (C=O) groups excluding carboxylic acids is 1. The highest BCUT2D eigenvalue weighted by Gasteiger charge is 2.26. The summed E-state index contributed by atoms with van der Waals surface area (Å²) in [7, 11) is 0. The first-order valence-electron chi connectivity index (χ1n) is 7.44. The van der Waals surface area contributed by atoms with Gasteiger partial charge in [0.2, 0.25) is 0 Å². The second-order valence-electron chi connectivity index (χ2n) is 5.41. The summed E-state index contributed by atoms with van der Waals surface area (Å²) in [6, 6.07) is 6.71. The average Bonchev–Trinajstić information content (AvgIpc) is 3.00. The Bertz CT molecular complexity index is 756. The molecule has 0 radical (unpaired) electrons. The highest BCUT2D eigenvalue weighted by Crippen LogP contribution is 2.20. The molecule has 1 aromatic carbocycles. The van der Waals surface area contributed by atoms with E-state index in [1.54, 1.807) is 24.3 Å². The second-order valence-corrected chi connectivity index (χ2v) is 5.41. The third-order valence-corrected chi connectivity index (χ3v) is 3.33. The van der Waals surface area contributed by atoms with E-state index >= 15 is 0 Å². The molecule has 0 fully saturated rings. The smallest absolute Gasteiger partial charge is 0.390 e. The Morgan fingerprint density at radius 3 is 2.72 bits per heavy atom. The van der Waals surface area contributed by atoms with Crippen LogP contribution in [0.4, 0.5) is 18.9 Å². The van der Waals surface area contributed by atoms with E-state index in [1.807, 2.05) is 0 Å². The van der Waals surface area contributed by atoms with Gasteiger partial charge in [-0.25, -0.2) is 0 Å². The molecule has 0 bridgehead atoms. The van der Waals surface area contributed by atoms with Crippen LogP contribution in [0.1, 0.15) is 28.8 Å². The number of nitrogens with zero attached hydrogens (tertiary/aromatic N) is 2. The summed E-state index contributed by atoms with van der Waals surface area (Å²) in [5.74, 6) is -1.42. The molecule has 0 unspecified atom stereocenters.